The molecule has 170 valence electrons. The fraction of sp³-hybridized carbons (Fsp3) is 0.179. The smallest absolute Gasteiger partial charge is 0.253 e. The summed E-state index contributed by atoms with van der Waals surface area (Å²) in [6, 6.07) is 29.8. The summed E-state index contributed by atoms with van der Waals surface area (Å²) in [5.74, 6) is 1.46. The van der Waals surface area contributed by atoms with Crippen LogP contribution in [-0.4, -0.2) is 51.9 Å². The number of carbonyl (C=O) groups excluding carboxylic acids is 1. The molecule has 0 spiro atoms. The molecule has 0 unspecified atom stereocenters. The van der Waals surface area contributed by atoms with E-state index in [1.54, 1.807) is 6.20 Å². The van der Waals surface area contributed by atoms with Crippen molar-refractivity contribution in [2.75, 3.05) is 31.5 Å². The monoisotopic (exact) mass is 449 g/mol. The zero-order valence-electron chi connectivity index (χ0n) is 19.0. The molecule has 2 heterocycles. The number of aromatic nitrogens is 2. The lowest BCUT2D eigenvalue weighted by Crippen LogP contribution is -2.48. The minimum Gasteiger partial charge on any atom is -0.340 e. The van der Waals surface area contributed by atoms with E-state index in [1.165, 1.54) is 5.56 Å². The van der Waals surface area contributed by atoms with Gasteiger partial charge in [-0.2, -0.15) is 0 Å². The maximum Gasteiger partial charge on any atom is 0.253 e. The van der Waals surface area contributed by atoms with Gasteiger partial charge in [-0.05, 0) is 35.9 Å². The van der Waals surface area contributed by atoms with Gasteiger partial charge in [0.05, 0.1) is 0 Å². The van der Waals surface area contributed by atoms with Crippen LogP contribution in [0.5, 0.6) is 0 Å². The maximum absolute atomic E-state index is 13.0. The number of nitrogens with zero attached hydrogens (tertiary/aromatic N) is 4. The Morgan fingerprint density at radius 2 is 1.47 bits per heavy atom. The number of hydrogen-bond acceptors (Lipinski definition) is 5. The molecular formula is C28H27N5O. The fourth-order valence-corrected chi connectivity index (χ4v) is 4.13. The molecule has 0 atom stereocenters. The molecule has 5 rings (SSSR count). The van der Waals surface area contributed by atoms with Crippen LogP contribution in [0.4, 0.5) is 11.5 Å². The van der Waals surface area contributed by atoms with Gasteiger partial charge in [-0.3, -0.25) is 9.69 Å². The zero-order valence-corrected chi connectivity index (χ0v) is 19.0. The highest BCUT2D eigenvalue weighted by Crippen LogP contribution is 2.20. The Morgan fingerprint density at radius 3 is 2.18 bits per heavy atom. The normalized spacial score (nSPS) is 14.1. The molecular weight excluding hydrogens is 422 g/mol. The molecule has 0 bridgehead atoms. The van der Waals surface area contributed by atoms with Crippen LogP contribution < -0.4 is 5.32 Å². The van der Waals surface area contributed by atoms with Crippen molar-refractivity contribution < 1.29 is 4.79 Å². The summed E-state index contributed by atoms with van der Waals surface area (Å²) in [6.45, 7) is 4.19. The van der Waals surface area contributed by atoms with Gasteiger partial charge in [0.15, 0.2) is 5.82 Å². The number of carbonyl (C=O) groups is 1. The van der Waals surface area contributed by atoms with Crippen LogP contribution in [0.3, 0.4) is 0 Å². The highest BCUT2D eigenvalue weighted by Gasteiger charge is 2.22. The van der Waals surface area contributed by atoms with Crippen LogP contribution in [0, 0.1) is 0 Å². The van der Waals surface area contributed by atoms with E-state index in [0.29, 0.717) is 17.2 Å². The van der Waals surface area contributed by atoms with Crippen molar-refractivity contribution in [1.29, 1.82) is 0 Å². The van der Waals surface area contributed by atoms with Gasteiger partial charge in [0.1, 0.15) is 5.82 Å². The predicted octanol–water partition coefficient (Wildman–Crippen LogP) is 4.85. The van der Waals surface area contributed by atoms with Crippen molar-refractivity contribution in [1.82, 2.24) is 19.8 Å². The Hall–Kier alpha value is -4.03. The Bertz CT molecular complexity index is 1220. The van der Waals surface area contributed by atoms with E-state index >= 15 is 0 Å². The highest BCUT2D eigenvalue weighted by atomic mass is 16.2. The molecule has 34 heavy (non-hydrogen) atoms. The minimum absolute atomic E-state index is 0.0827. The van der Waals surface area contributed by atoms with E-state index in [1.807, 2.05) is 71.6 Å². The van der Waals surface area contributed by atoms with Crippen molar-refractivity contribution in [2.24, 2.45) is 0 Å². The number of benzene rings is 3. The van der Waals surface area contributed by atoms with Gasteiger partial charge in [-0.25, -0.2) is 9.97 Å². The lowest BCUT2D eigenvalue weighted by atomic mass is 10.1. The molecule has 0 radical (unpaired) electrons. The summed E-state index contributed by atoms with van der Waals surface area (Å²) in [4.78, 5) is 26.3. The first-order chi connectivity index (χ1) is 16.7. The third-order valence-corrected chi connectivity index (χ3v) is 6.00. The van der Waals surface area contributed by atoms with Crippen LogP contribution in [-0.2, 0) is 6.54 Å². The average Bonchev–Trinajstić information content (AvgIpc) is 2.90. The number of rotatable bonds is 6. The lowest BCUT2D eigenvalue weighted by molar-refractivity contribution is 0.0628. The Kier molecular flexibility index (Phi) is 6.59. The second kappa shape index (κ2) is 10.3. The van der Waals surface area contributed by atoms with Gasteiger partial charge in [0, 0.05) is 55.7 Å². The van der Waals surface area contributed by atoms with Gasteiger partial charge >= 0.3 is 0 Å². The maximum atomic E-state index is 13.0. The summed E-state index contributed by atoms with van der Waals surface area (Å²) in [5, 5.41) is 3.31. The van der Waals surface area contributed by atoms with Crippen molar-refractivity contribution in [3.8, 4) is 11.4 Å². The van der Waals surface area contributed by atoms with E-state index in [4.69, 9.17) is 0 Å². The third kappa shape index (κ3) is 5.30. The van der Waals surface area contributed by atoms with E-state index in [9.17, 15) is 4.79 Å². The number of amides is 1. The quantitative estimate of drug-likeness (QED) is 0.456. The second-order valence-corrected chi connectivity index (χ2v) is 8.39. The van der Waals surface area contributed by atoms with E-state index < -0.39 is 0 Å². The summed E-state index contributed by atoms with van der Waals surface area (Å²) in [6.07, 6.45) is 1.74. The van der Waals surface area contributed by atoms with Gasteiger partial charge in [0.25, 0.3) is 5.91 Å². The molecule has 1 N–H and O–H groups in total. The largest absolute Gasteiger partial charge is 0.340 e. The van der Waals surface area contributed by atoms with Crippen molar-refractivity contribution in [3.63, 3.8) is 0 Å². The molecule has 3 aromatic carbocycles. The molecule has 1 aliphatic heterocycles. The molecule has 6 heteroatoms. The van der Waals surface area contributed by atoms with Crippen molar-refractivity contribution in [2.45, 2.75) is 6.54 Å². The van der Waals surface area contributed by atoms with Gasteiger partial charge in [0.2, 0.25) is 0 Å². The zero-order chi connectivity index (χ0) is 23.2. The summed E-state index contributed by atoms with van der Waals surface area (Å²) in [5.41, 5.74) is 3.86. The number of nitrogens with one attached hydrogen (secondary N) is 1. The third-order valence-electron chi connectivity index (χ3n) is 6.00. The molecule has 1 saturated heterocycles. The molecule has 6 nitrogen and oxygen atoms in total. The molecule has 1 aliphatic rings. The Balaban J connectivity index is 1.17. The van der Waals surface area contributed by atoms with E-state index in [-0.39, 0.29) is 5.91 Å². The minimum atomic E-state index is 0.0827. The fourth-order valence-electron chi connectivity index (χ4n) is 4.13. The first-order valence-corrected chi connectivity index (χ1v) is 11.6. The van der Waals surface area contributed by atoms with Crippen LogP contribution in [0.2, 0.25) is 0 Å². The van der Waals surface area contributed by atoms with E-state index in [0.717, 1.165) is 44.0 Å². The SMILES string of the molecule is O=C(c1ccc(Nc2ccnc(-c3ccccc3)n2)cc1)N1CCN(Cc2ccccc2)CC1. The van der Waals surface area contributed by atoms with Gasteiger partial charge in [-0.15, -0.1) is 0 Å². The number of hydrogen-bond donors (Lipinski definition) is 1. The lowest BCUT2D eigenvalue weighted by Gasteiger charge is -2.34. The molecule has 0 saturated carbocycles. The summed E-state index contributed by atoms with van der Waals surface area (Å²) >= 11 is 0. The Labute approximate surface area is 199 Å². The average molecular weight is 450 g/mol. The molecule has 0 aliphatic carbocycles. The summed E-state index contributed by atoms with van der Waals surface area (Å²) < 4.78 is 0. The topological polar surface area (TPSA) is 61.4 Å². The molecule has 1 aromatic heterocycles. The van der Waals surface area contributed by atoms with Crippen LogP contribution in [0.25, 0.3) is 11.4 Å². The molecule has 1 fully saturated rings. The number of piperazine rings is 1. The molecule has 4 aromatic rings. The highest BCUT2D eigenvalue weighted by molar-refractivity contribution is 5.94. The van der Waals surface area contributed by atoms with Crippen molar-refractivity contribution in [3.05, 3.63) is 108 Å². The van der Waals surface area contributed by atoms with Crippen LogP contribution >= 0.6 is 0 Å². The summed E-state index contributed by atoms with van der Waals surface area (Å²) in [7, 11) is 0. The van der Waals surface area contributed by atoms with Crippen molar-refractivity contribution >= 4 is 17.4 Å². The standard InChI is InChI=1S/C28H27N5O/c34-28(33-19-17-32(18-20-33)21-22-7-3-1-4-8-22)24-11-13-25(14-12-24)30-26-15-16-29-27(31-26)23-9-5-2-6-10-23/h1-16H,17-21H2,(H,29,30,31). The first kappa shape index (κ1) is 21.8. The second-order valence-electron chi connectivity index (χ2n) is 8.39. The van der Waals surface area contributed by atoms with E-state index in [2.05, 4.69) is 44.5 Å². The van der Waals surface area contributed by atoms with Gasteiger partial charge < -0.3 is 10.2 Å². The van der Waals surface area contributed by atoms with Crippen LogP contribution in [0.1, 0.15) is 15.9 Å². The Morgan fingerprint density at radius 1 is 0.794 bits per heavy atom. The predicted molar refractivity (Wildman–Crippen MR) is 135 cm³/mol. The van der Waals surface area contributed by atoms with Gasteiger partial charge in [-0.1, -0.05) is 60.7 Å². The molecule has 1 amide bonds. The number of anilines is 2. The first-order valence-electron chi connectivity index (χ1n) is 11.6. The van der Waals surface area contributed by atoms with Crippen LogP contribution in [0.15, 0.2) is 97.2 Å².